The molecule has 17 heavy (non-hydrogen) atoms. The van der Waals surface area contributed by atoms with Crippen molar-refractivity contribution >= 4 is 51.3 Å². The van der Waals surface area contributed by atoms with Gasteiger partial charge in [-0.05, 0) is 52.2 Å². The lowest BCUT2D eigenvalue weighted by Crippen LogP contribution is -2.03. The van der Waals surface area contributed by atoms with Gasteiger partial charge >= 0.3 is 0 Å². The molecule has 1 heterocycles. The van der Waals surface area contributed by atoms with Crippen molar-refractivity contribution in [2.75, 3.05) is 7.11 Å². The lowest BCUT2D eigenvalue weighted by molar-refractivity contribution is 0.103. The van der Waals surface area contributed by atoms with E-state index in [-0.39, 0.29) is 5.78 Å². The summed E-state index contributed by atoms with van der Waals surface area (Å²) in [5.41, 5.74) is 0.545. The fraction of sp³-hybridized carbons (Fsp3) is 0.0833. The summed E-state index contributed by atoms with van der Waals surface area (Å²) in [7, 11) is 1.55. The number of benzene rings is 1. The molecule has 0 amide bonds. The Balaban J connectivity index is 2.50. The van der Waals surface area contributed by atoms with Gasteiger partial charge < -0.3 is 4.74 Å². The van der Waals surface area contributed by atoms with Crippen molar-refractivity contribution in [3.63, 3.8) is 0 Å². The predicted molar refractivity (Wildman–Crippen MR) is 78.5 cm³/mol. The van der Waals surface area contributed by atoms with Crippen molar-refractivity contribution in [3.05, 3.63) is 48.7 Å². The fourth-order valence-corrected chi connectivity index (χ4v) is 3.02. The number of carbonyl (C=O) groups excluding carboxylic acids is 1. The van der Waals surface area contributed by atoms with Crippen LogP contribution < -0.4 is 4.74 Å². The summed E-state index contributed by atoms with van der Waals surface area (Å²) < 4.78 is 6.18. The first-order valence-electron chi connectivity index (χ1n) is 4.74. The number of thiophene rings is 1. The van der Waals surface area contributed by atoms with Crippen LogP contribution in [0.3, 0.4) is 0 Å². The minimum Gasteiger partial charge on any atom is -0.496 e. The first-order chi connectivity index (χ1) is 8.13. The highest BCUT2D eigenvalue weighted by atomic mass is 127. The monoisotopic (exact) mass is 378 g/mol. The highest BCUT2D eigenvalue weighted by molar-refractivity contribution is 14.1. The van der Waals surface area contributed by atoms with Crippen LogP contribution in [-0.2, 0) is 0 Å². The number of halogens is 2. The Morgan fingerprint density at radius 2 is 2.18 bits per heavy atom. The van der Waals surface area contributed by atoms with Crippen molar-refractivity contribution in [2.45, 2.75) is 0 Å². The van der Waals surface area contributed by atoms with E-state index in [2.05, 4.69) is 22.6 Å². The summed E-state index contributed by atoms with van der Waals surface area (Å²) in [6.07, 6.45) is 0. The van der Waals surface area contributed by atoms with Gasteiger partial charge in [0.1, 0.15) is 5.75 Å². The molecule has 0 saturated carbocycles. The molecule has 1 aromatic heterocycles. The second kappa shape index (κ2) is 5.37. The SMILES string of the molecule is COc1ccc(I)cc1C(=O)c1sccc1Cl. The van der Waals surface area contributed by atoms with Gasteiger partial charge in [0.15, 0.2) is 0 Å². The highest BCUT2D eigenvalue weighted by Gasteiger charge is 2.18. The Morgan fingerprint density at radius 1 is 1.41 bits per heavy atom. The van der Waals surface area contributed by atoms with Gasteiger partial charge in [-0.25, -0.2) is 0 Å². The third-order valence-corrected chi connectivity index (χ3v) is 4.24. The minimum atomic E-state index is -0.0969. The van der Waals surface area contributed by atoms with E-state index >= 15 is 0 Å². The molecule has 5 heteroatoms. The first-order valence-corrected chi connectivity index (χ1v) is 7.08. The van der Waals surface area contributed by atoms with E-state index < -0.39 is 0 Å². The molecule has 1 aromatic carbocycles. The molecular formula is C12H8ClIO2S. The number of hydrogen-bond donors (Lipinski definition) is 0. The first kappa shape index (κ1) is 12.9. The zero-order valence-corrected chi connectivity index (χ0v) is 12.6. The van der Waals surface area contributed by atoms with Gasteiger partial charge in [-0.2, -0.15) is 0 Å². The maximum atomic E-state index is 12.3. The van der Waals surface area contributed by atoms with Gasteiger partial charge in [-0.15, -0.1) is 11.3 Å². The molecule has 0 N–H and O–H groups in total. The zero-order chi connectivity index (χ0) is 12.4. The lowest BCUT2D eigenvalue weighted by Gasteiger charge is -2.07. The number of ether oxygens (including phenoxy) is 1. The maximum Gasteiger partial charge on any atom is 0.208 e. The number of rotatable bonds is 3. The average Bonchev–Trinajstić information content (AvgIpc) is 2.74. The summed E-state index contributed by atoms with van der Waals surface area (Å²) >= 11 is 9.47. The standard InChI is InChI=1S/C12H8ClIO2S/c1-16-10-3-2-7(14)6-8(10)11(15)12-9(13)4-5-17-12/h2-6H,1H3. The van der Waals surface area contributed by atoms with Crippen LogP contribution in [0.25, 0.3) is 0 Å². The molecule has 0 aliphatic heterocycles. The fourth-order valence-electron chi connectivity index (χ4n) is 1.44. The predicted octanol–water partition coefficient (Wildman–Crippen LogP) is 4.25. The summed E-state index contributed by atoms with van der Waals surface area (Å²) in [4.78, 5) is 12.9. The number of carbonyl (C=O) groups is 1. The van der Waals surface area contributed by atoms with Crippen LogP contribution in [0, 0.1) is 3.57 Å². The van der Waals surface area contributed by atoms with E-state index in [0.29, 0.717) is 21.2 Å². The molecule has 2 nitrogen and oxygen atoms in total. The quantitative estimate of drug-likeness (QED) is 0.590. The lowest BCUT2D eigenvalue weighted by atomic mass is 10.1. The van der Waals surface area contributed by atoms with Gasteiger partial charge in [0.2, 0.25) is 5.78 Å². The maximum absolute atomic E-state index is 12.3. The molecule has 0 fully saturated rings. The van der Waals surface area contributed by atoms with Crippen LogP contribution in [0.5, 0.6) is 5.75 Å². The van der Waals surface area contributed by atoms with Gasteiger partial charge in [0, 0.05) is 3.57 Å². The van der Waals surface area contributed by atoms with E-state index in [4.69, 9.17) is 16.3 Å². The summed E-state index contributed by atoms with van der Waals surface area (Å²) in [6, 6.07) is 7.21. The Kier molecular flexibility index (Phi) is 4.06. The zero-order valence-electron chi connectivity index (χ0n) is 8.87. The van der Waals surface area contributed by atoms with Gasteiger partial charge in [0.05, 0.1) is 22.6 Å². The van der Waals surface area contributed by atoms with Crippen molar-refractivity contribution < 1.29 is 9.53 Å². The number of hydrogen-bond acceptors (Lipinski definition) is 3. The molecule has 0 radical (unpaired) electrons. The van der Waals surface area contributed by atoms with E-state index in [9.17, 15) is 4.79 Å². The van der Waals surface area contributed by atoms with Gasteiger partial charge in [-0.1, -0.05) is 11.6 Å². The smallest absolute Gasteiger partial charge is 0.208 e. The largest absolute Gasteiger partial charge is 0.496 e. The molecule has 0 unspecified atom stereocenters. The number of methoxy groups -OCH3 is 1. The normalized spacial score (nSPS) is 10.3. The number of ketones is 1. The Hall–Kier alpha value is -0.590. The molecule has 0 aliphatic rings. The van der Waals surface area contributed by atoms with Gasteiger partial charge in [0.25, 0.3) is 0 Å². The van der Waals surface area contributed by atoms with Crippen LogP contribution >= 0.6 is 45.5 Å². The molecule has 0 spiro atoms. The topological polar surface area (TPSA) is 26.3 Å². The second-order valence-corrected chi connectivity index (χ2v) is 5.84. The third-order valence-electron chi connectivity index (χ3n) is 2.23. The van der Waals surface area contributed by atoms with Crippen LogP contribution in [0.1, 0.15) is 15.2 Å². The molecule has 0 aliphatic carbocycles. The summed E-state index contributed by atoms with van der Waals surface area (Å²) in [5, 5.41) is 2.29. The Labute approximate surface area is 122 Å². The molecule has 88 valence electrons. The Bertz CT molecular complexity index is 565. The van der Waals surface area contributed by atoms with E-state index in [1.54, 1.807) is 30.7 Å². The molecule has 2 rings (SSSR count). The van der Waals surface area contributed by atoms with Gasteiger partial charge in [-0.3, -0.25) is 4.79 Å². The van der Waals surface area contributed by atoms with Crippen LogP contribution in [0.15, 0.2) is 29.6 Å². The van der Waals surface area contributed by atoms with Crippen molar-refractivity contribution in [1.29, 1.82) is 0 Å². The molecule has 0 atom stereocenters. The van der Waals surface area contributed by atoms with Crippen molar-refractivity contribution in [3.8, 4) is 5.75 Å². The van der Waals surface area contributed by atoms with Crippen molar-refractivity contribution in [1.82, 2.24) is 0 Å². The average molecular weight is 379 g/mol. The molecular weight excluding hydrogens is 371 g/mol. The molecule has 0 bridgehead atoms. The Morgan fingerprint density at radius 3 is 2.76 bits per heavy atom. The molecule has 2 aromatic rings. The van der Waals surface area contributed by atoms with Crippen molar-refractivity contribution in [2.24, 2.45) is 0 Å². The molecule has 0 saturated heterocycles. The van der Waals surface area contributed by atoms with Crippen LogP contribution in [-0.4, -0.2) is 12.9 Å². The minimum absolute atomic E-state index is 0.0969. The van der Waals surface area contributed by atoms with E-state index in [1.807, 2.05) is 6.07 Å². The van der Waals surface area contributed by atoms with Crippen LogP contribution in [0.4, 0.5) is 0 Å². The second-order valence-electron chi connectivity index (χ2n) is 3.27. The summed E-state index contributed by atoms with van der Waals surface area (Å²) in [6.45, 7) is 0. The van der Waals surface area contributed by atoms with E-state index in [0.717, 1.165) is 3.57 Å². The summed E-state index contributed by atoms with van der Waals surface area (Å²) in [5.74, 6) is 0.472. The highest BCUT2D eigenvalue weighted by Crippen LogP contribution is 2.29. The van der Waals surface area contributed by atoms with Crippen LogP contribution in [0.2, 0.25) is 5.02 Å². The van der Waals surface area contributed by atoms with E-state index in [1.165, 1.54) is 11.3 Å². The third kappa shape index (κ3) is 2.64.